The first-order valence-electron chi connectivity index (χ1n) is 24.3. The number of halogens is 3. The highest BCUT2D eigenvalue weighted by molar-refractivity contribution is 6.32. The molecule has 0 aromatic heterocycles. The van der Waals surface area contributed by atoms with Crippen LogP contribution in [0.3, 0.4) is 0 Å². The average molecular weight is 905 g/mol. The van der Waals surface area contributed by atoms with Gasteiger partial charge >= 0.3 is 0 Å². The van der Waals surface area contributed by atoms with Gasteiger partial charge in [0.25, 0.3) is 0 Å². The third kappa shape index (κ3) is 6.44. The highest BCUT2D eigenvalue weighted by Gasteiger charge is 2.62. The van der Waals surface area contributed by atoms with Crippen LogP contribution in [-0.2, 0) is 16.2 Å². The van der Waals surface area contributed by atoms with Crippen LogP contribution in [0.1, 0.15) is 132 Å². The van der Waals surface area contributed by atoms with Gasteiger partial charge in [-0.15, -0.1) is 0 Å². The van der Waals surface area contributed by atoms with Crippen LogP contribution in [0.4, 0.5) is 17.1 Å². The average Bonchev–Trinajstić information content (AvgIpc) is 3.21. The zero-order valence-corrected chi connectivity index (χ0v) is 38.5. The largest absolute Gasteiger partial charge is 0.455 e. The van der Waals surface area contributed by atoms with Gasteiger partial charge in [-0.3, -0.25) is 0 Å². The van der Waals surface area contributed by atoms with Gasteiger partial charge in [-0.05, 0) is 205 Å². The summed E-state index contributed by atoms with van der Waals surface area (Å²) < 4.78 is 23.2. The van der Waals surface area contributed by atoms with Crippen LogP contribution >= 0.6 is 34.8 Å². The molecule has 63 heavy (non-hydrogen) atoms. The Labute approximate surface area is 387 Å². The van der Waals surface area contributed by atoms with Crippen molar-refractivity contribution in [3.05, 3.63) is 86.4 Å². The monoisotopic (exact) mass is 903 g/mol. The number of hydrogen-bond acceptors (Lipinski definition) is 6. The molecule has 6 nitrogen and oxygen atoms in total. The molecule has 6 N–H and O–H groups in total. The molecule has 330 valence electrons. The fourth-order valence-corrected chi connectivity index (χ4v) is 18.3. The summed E-state index contributed by atoms with van der Waals surface area (Å²) in [6, 6.07) is 16.9. The van der Waals surface area contributed by atoms with E-state index >= 15 is 0 Å². The lowest BCUT2D eigenvalue weighted by Gasteiger charge is -2.62. The van der Waals surface area contributed by atoms with Gasteiger partial charge in [0.15, 0.2) is 11.5 Å². The Hall–Kier alpha value is -3.45. The molecule has 4 aromatic rings. The molecule has 0 atom stereocenters. The quantitative estimate of drug-likeness (QED) is 0.145. The fraction of sp³-hybridized carbons (Fsp3) is 0.556. The fourth-order valence-electron chi connectivity index (χ4n) is 17.8. The molecular formula is C54H60Cl3N3O3. The number of anilines is 3. The molecule has 0 spiro atoms. The minimum atomic E-state index is -0.228. The van der Waals surface area contributed by atoms with Gasteiger partial charge in [0.2, 0.25) is 0 Å². The summed E-state index contributed by atoms with van der Waals surface area (Å²) in [7, 11) is 0. The van der Waals surface area contributed by atoms with Crippen molar-refractivity contribution >= 4 is 51.9 Å². The van der Waals surface area contributed by atoms with Crippen LogP contribution in [0.15, 0.2) is 54.6 Å². The lowest BCUT2D eigenvalue weighted by atomic mass is 9.43. The Bertz CT molecular complexity index is 2450. The summed E-state index contributed by atoms with van der Waals surface area (Å²) in [5, 5.41) is 1.58. The Kier molecular flexibility index (Phi) is 9.04. The summed E-state index contributed by atoms with van der Waals surface area (Å²) in [5.41, 5.74) is 25.0. The molecular weight excluding hydrogens is 845 g/mol. The van der Waals surface area contributed by atoms with Crippen molar-refractivity contribution in [2.24, 2.45) is 53.3 Å². The topological polar surface area (TPSA) is 106 Å². The molecule has 0 saturated heterocycles. The Morgan fingerprint density at radius 2 is 0.587 bits per heavy atom. The Morgan fingerprint density at radius 3 is 0.889 bits per heavy atom. The van der Waals surface area contributed by atoms with Crippen molar-refractivity contribution in [3.8, 4) is 34.5 Å². The van der Waals surface area contributed by atoms with Crippen LogP contribution in [0.5, 0.6) is 34.5 Å². The van der Waals surface area contributed by atoms with Gasteiger partial charge < -0.3 is 31.4 Å². The highest BCUT2D eigenvalue weighted by Crippen LogP contribution is 2.73. The van der Waals surface area contributed by atoms with Crippen molar-refractivity contribution in [1.82, 2.24) is 0 Å². The maximum Gasteiger partial charge on any atom is 0.177 e. The van der Waals surface area contributed by atoms with E-state index in [-0.39, 0.29) is 16.2 Å². The van der Waals surface area contributed by atoms with Gasteiger partial charge in [-0.2, -0.15) is 0 Å². The molecule has 0 amide bonds. The molecule has 0 radical (unpaired) electrons. The maximum absolute atomic E-state index is 7.86. The van der Waals surface area contributed by atoms with Gasteiger partial charge in [0.05, 0.1) is 15.1 Å². The second kappa shape index (κ2) is 14.3. The Balaban J connectivity index is 1.20. The van der Waals surface area contributed by atoms with Crippen molar-refractivity contribution in [3.63, 3.8) is 0 Å². The lowest BCUT2D eigenvalue weighted by molar-refractivity contribution is -0.0205. The molecule has 12 saturated carbocycles. The smallest absolute Gasteiger partial charge is 0.177 e. The van der Waals surface area contributed by atoms with Crippen LogP contribution in [0.25, 0.3) is 0 Å². The molecule has 12 aliphatic carbocycles. The van der Waals surface area contributed by atoms with E-state index in [1.165, 1.54) is 88.2 Å². The number of ether oxygens (including phenoxy) is 3. The molecule has 0 unspecified atom stereocenters. The molecule has 16 rings (SSSR count). The molecule has 9 heteroatoms. The lowest BCUT2D eigenvalue weighted by Crippen LogP contribution is -2.53. The van der Waals surface area contributed by atoms with Crippen molar-refractivity contribution in [1.29, 1.82) is 0 Å². The standard InChI is InChI=1S/C54H60Cl3N3O3/c55-40-4-1-37(58)16-43(40)61-49-46(52-19-28-7-29(20-52)9-30(8-28)21-52)47(53-22-31-10-32(23-53)12-33(11-31)24-53)50(62-44-17-38(59)2-5-41(44)56)51(63-45-18-39(60)3-6-42(45)57)48(49)54-25-34-13-35(26-54)15-36(14-34)27-54/h1-6,16-18,28-36H,7-15,19-27,58-60H2. The molecule has 12 fully saturated rings. The third-order valence-corrected chi connectivity index (χ3v) is 19.5. The summed E-state index contributed by atoms with van der Waals surface area (Å²) in [4.78, 5) is 0. The second-order valence-corrected chi connectivity index (χ2v) is 24.3. The van der Waals surface area contributed by atoms with E-state index < -0.39 is 0 Å². The number of rotatable bonds is 9. The predicted molar refractivity (Wildman–Crippen MR) is 254 cm³/mol. The molecule has 4 aromatic carbocycles. The van der Waals surface area contributed by atoms with E-state index in [9.17, 15) is 0 Å². The molecule has 0 heterocycles. The second-order valence-electron chi connectivity index (χ2n) is 23.1. The first-order chi connectivity index (χ1) is 30.4. The molecule has 12 bridgehead atoms. The van der Waals surface area contributed by atoms with E-state index in [2.05, 4.69) is 0 Å². The minimum Gasteiger partial charge on any atom is -0.455 e. The first-order valence-corrected chi connectivity index (χ1v) is 25.5. The highest BCUT2D eigenvalue weighted by atomic mass is 35.5. The summed E-state index contributed by atoms with van der Waals surface area (Å²) in [5.74, 6) is 10.2. The van der Waals surface area contributed by atoms with Crippen molar-refractivity contribution in [2.45, 2.75) is 132 Å². The predicted octanol–water partition coefficient (Wildman–Crippen LogP) is 15.2. The minimum absolute atomic E-state index is 0.0996. The zero-order valence-electron chi connectivity index (χ0n) is 36.2. The summed E-state index contributed by atoms with van der Waals surface area (Å²) in [6.45, 7) is 0. The third-order valence-electron chi connectivity index (χ3n) is 18.6. The van der Waals surface area contributed by atoms with Crippen molar-refractivity contribution < 1.29 is 14.2 Å². The van der Waals surface area contributed by atoms with E-state index in [0.29, 0.717) is 108 Å². The van der Waals surface area contributed by atoms with E-state index in [1.54, 1.807) is 0 Å². The number of nitrogens with two attached hydrogens (primary N) is 3. The van der Waals surface area contributed by atoms with Crippen LogP contribution in [-0.4, -0.2) is 0 Å². The van der Waals surface area contributed by atoms with E-state index in [1.807, 2.05) is 54.6 Å². The number of hydrogen-bond donors (Lipinski definition) is 3. The Morgan fingerprint density at radius 1 is 0.349 bits per heavy atom. The SMILES string of the molecule is Nc1ccc(Cl)c(Oc2c(Oc3cc(N)ccc3Cl)c(C34CC5CC(CC(C5)C3)C4)c(C34CC5CC(CC(C5)C3)C4)c(Oc3cc(N)ccc3Cl)c2C23CC4CC(CC(C4)C2)C3)c1. The van der Waals surface area contributed by atoms with Crippen LogP contribution < -0.4 is 31.4 Å². The van der Waals surface area contributed by atoms with Crippen LogP contribution in [0.2, 0.25) is 15.1 Å². The maximum atomic E-state index is 7.86. The molecule has 12 aliphatic rings. The first kappa shape index (κ1) is 39.9. The zero-order chi connectivity index (χ0) is 42.6. The number of benzene rings is 4. The summed E-state index contributed by atoms with van der Waals surface area (Å²) in [6.07, 6.45) is 22.0. The normalized spacial score (nSPS) is 37.5. The van der Waals surface area contributed by atoms with Crippen LogP contribution in [0, 0.1) is 53.3 Å². The number of nitrogen functional groups attached to an aromatic ring is 3. The van der Waals surface area contributed by atoms with Gasteiger partial charge in [0.1, 0.15) is 23.0 Å². The van der Waals surface area contributed by atoms with E-state index in [4.69, 9.17) is 66.2 Å². The van der Waals surface area contributed by atoms with E-state index in [0.717, 1.165) is 55.6 Å². The van der Waals surface area contributed by atoms with Gasteiger partial charge in [-0.1, -0.05) is 34.8 Å². The van der Waals surface area contributed by atoms with Crippen molar-refractivity contribution in [2.75, 3.05) is 17.2 Å². The summed E-state index contributed by atoms with van der Waals surface area (Å²) >= 11 is 21.7. The van der Waals surface area contributed by atoms with Gasteiger partial charge in [-0.25, -0.2) is 0 Å². The molecule has 0 aliphatic heterocycles. The van der Waals surface area contributed by atoms with Gasteiger partial charge in [0, 0.05) is 68.2 Å².